The van der Waals surface area contributed by atoms with Gasteiger partial charge in [-0.1, -0.05) is 0 Å². The molecule has 0 atom stereocenters. The Balaban J connectivity index is 1.89. The average molecular weight is 206 g/mol. The summed E-state index contributed by atoms with van der Waals surface area (Å²) in [4.78, 5) is 13.4. The number of aromatic nitrogens is 2. The zero-order chi connectivity index (χ0) is 10.7. The van der Waals surface area contributed by atoms with Crippen molar-refractivity contribution in [3.63, 3.8) is 0 Å². The third-order valence-corrected chi connectivity index (χ3v) is 2.80. The van der Waals surface area contributed by atoms with Crippen LogP contribution in [0, 0.1) is 6.92 Å². The first-order valence-corrected chi connectivity index (χ1v) is 5.42. The van der Waals surface area contributed by atoms with E-state index in [0.717, 1.165) is 44.1 Å². The molecule has 1 fully saturated rings. The van der Waals surface area contributed by atoms with Crippen molar-refractivity contribution in [2.45, 2.75) is 13.5 Å². The van der Waals surface area contributed by atoms with Gasteiger partial charge in [-0.25, -0.2) is 9.97 Å². The highest BCUT2D eigenvalue weighted by Gasteiger charge is 2.14. The van der Waals surface area contributed by atoms with Crippen molar-refractivity contribution in [3.05, 3.63) is 23.8 Å². The summed E-state index contributed by atoms with van der Waals surface area (Å²) in [5.74, 6) is 0.935. The van der Waals surface area contributed by atoms with Crippen LogP contribution in [-0.4, -0.2) is 53.0 Å². The Morgan fingerprint density at radius 3 is 2.33 bits per heavy atom. The van der Waals surface area contributed by atoms with Crippen LogP contribution >= 0.6 is 0 Å². The van der Waals surface area contributed by atoms with E-state index in [1.165, 1.54) is 0 Å². The molecule has 0 radical (unpaired) electrons. The Labute approximate surface area is 90.9 Å². The lowest BCUT2D eigenvalue weighted by Gasteiger charge is -2.31. The van der Waals surface area contributed by atoms with Crippen molar-refractivity contribution in [1.82, 2.24) is 19.8 Å². The second kappa shape index (κ2) is 4.68. The van der Waals surface area contributed by atoms with Gasteiger partial charge in [0, 0.05) is 38.6 Å². The average Bonchev–Trinajstić information content (AvgIpc) is 2.25. The molecule has 1 saturated heterocycles. The summed E-state index contributed by atoms with van der Waals surface area (Å²) in [6.07, 6.45) is 3.77. The minimum atomic E-state index is 0.883. The fourth-order valence-electron chi connectivity index (χ4n) is 1.71. The van der Waals surface area contributed by atoms with Gasteiger partial charge in [0.1, 0.15) is 5.82 Å². The van der Waals surface area contributed by atoms with Crippen molar-refractivity contribution in [2.24, 2.45) is 0 Å². The Morgan fingerprint density at radius 1 is 1.13 bits per heavy atom. The molecule has 0 saturated carbocycles. The Kier molecular flexibility index (Phi) is 3.28. The summed E-state index contributed by atoms with van der Waals surface area (Å²) < 4.78 is 0. The lowest BCUT2D eigenvalue weighted by molar-refractivity contribution is 0.145. The van der Waals surface area contributed by atoms with E-state index >= 15 is 0 Å². The molecule has 2 heterocycles. The number of aryl methyl sites for hydroxylation is 1. The first kappa shape index (κ1) is 10.5. The first-order chi connectivity index (χ1) is 7.24. The van der Waals surface area contributed by atoms with E-state index < -0.39 is 0 Å². The molecular weight excluding hydrogens is 188 g/mol. The van der Waals surface area contributed by atoms with E-state index in [1.54, 1.807) is 0 Å². The maximum absolute atomic E-state index is 4.33. The summed E-state index contributed by atoms with van der Waals surface area (Å²) in [6.45, 7) is 7.42. The van der Waals surface area contributed by atoms with Crippen molar-refractivity contribution in [1.29, 1.82) is 0 Å². The molecule has 0 spiro atoms. The topological polar surface area (TPSA) is 32.3 Å². The highest BCUT2D eigenvalue weighted by molar-refractivity contribution is 5.01. The number of piperazine rings is 1. The second-order valence-corrected chi connectivity index (χ2v) is 4.26. The van der Waals surface area contributed by atoms with Gasteiger partial charge in [0.25, 0.3) is 0 Å². The molecule has 1 aromatic rings. The molecule has 1 aromatic heterocycles. The first-order valence-electron chi connectivity index (χ1n) is 5.42. The van der Waals surface area contributed by atoms with Crippen LogP contribution < -0.4 is 0 Å². The second-order valence-electron chi connectivity index (χ2n) is 4.26. The smallest absolute Gasteiger partial charge is 0.142 e. The highest BCUT2D eigenvalue weighted by Crippen LogP contribution is 2.03. The molecule has 0 aliphatic carbocycles. The van der Waals surface area contributed by atoms with Crippen LogP contribution in [0.1, 0.15) is 11.4 Å². The lowest BCUT2D eigenvalue weighted by Crippen LogP contribution is -2.44. The van der Waals surface area contributed by atoms with Crippen molar-refractivity contribution in [2.75, 3.05) is 33.2 Å². The molecule has 4 heteroatoms. The SMILES string of the molecule is Cc1cnc(CN2CCN(C)CC2)nc1. The van der Waals surface area contributed by atoms with Crippen LogP contribution in [0.3, 0.4) is 0 Å². The molecule has 2 rings (SSSR count). The molecule has 0 unspecified atom stereocenters. The van der Waals surface area contributed by atoms with Crippen LogP contribution in [0.4, 0.5) is 0 Å². The molecule has 0 N–H and O–H groups in total. The van der Waals surface area contributed by atoms with Gasteiger partial charge in [0.05, 0.1) is 6.54 Å². The standard InChI is InChI=1S/C11H18N4/c1-10-7-12-11(13-8-10)9-15-5-3-14(2)4-6-15/h7-8H,3-6,9H2,1-2H3. The van der Waals surface area contributed by atoms with Gasteiger partial charge < -0.3 is 4.90 Å². The Morgan fingerprint density at radius 2 is 1.73 bits per heavy atom. The predicted molar refractivity (Wildman–Crippen MR) is 59.5 cm³/mol. The maximum atomic E-state index is 4.33. The van der Waals surface area contributed by atoms with Gasteiger partial charge in [-0.15, -0.1) is 0 Å². The monoisotopic (exact) mass is 206 g/mol. The molecule has 82 valence electrons. The zero-order valence-corrected chi connectivity index (χ0v) is 9.48. The summed E-state index contributed by atoms with van der Waals surface area (Å²) in [5.41, 5.74) is 1.12. The van der Waals surface area contributed by atoms with Crippen molar-refractivity contribution in [3.8, 4) is 0 Å². The van der Waals surface area contributed by atoms with E-state index in [2.05, 4.69) is 26.8 Å². The Bertz CT molecular complexity index is 301. The molecule has 1 aliphatic heterocycles. The lowest BCUT2D eigenvalue weighted by atomic mass is 10.3. The zero-order valence-electron chi connectivity index (χ0n) is 9.48. The van der Waals surface area contributed by atoms with Crippen LogP contribution in [0.15, 0.2) is 12.4 Å². The van der Waals surface area contributed by atoms with Crippen molar-refractivity contribution < 1.29 is 0 Å². The molecular formula is C11H18N4. The minimum absolute atomic E-state index is 0.883. The van der Waals surface area contributed by atoms with Crippen LogP contribution in [-0.2, 0) is 6.54 Å². The predicted octanol–water partition coefficient (Wildman–Crippen LogP) is 0.532. The third-order valence-electron chi connectivity index (χ3n) is 2.80. The molecule has 4 nitrogen and oxygen atoms in total. The molecule has 0 aromatic carbocycles. The normalized spacial score (nSPS) is 19.3. The van der Waals surface area contributed by atoms with E-state index in [9.17, 15) is 0 Å². The number of rotatable bonds is 2. The third kappa shape index (κ3) is 2.97. The number of hydrogen-bond acceptors (Lipinski definition) is 4. The fraction of sp³-hybridized carbons (Fsp3) is 0.636. The van der Waals surface area contributed by atoms with Crippen LogP contribution in [0.5, 0.6) is 0 Å². The number of hydrogen-bond donors (Lipinski definition) is 0. The van der Waals surface area contributed by atoms with E-state index in [-0.39, 0.29) is 0 Å². The Hall–Kier alpha value is -1.00. The fourth-order valence-corrected chi connectivity index (χ4v) is 1.71. The largest absolute Gasteiger partial charge is 0.304 e. The van der Waals surface area contributed by atoms with Gasteiger partial charge in [-0.2, -0.15) is 0 Å². The van der Waals surface area contributed by atoms with Crippen molar-refractivity contribution >= 4 is 0 Å². The summed E-state index contributed by atoms with van der Waals surface area (Å²) >= 11 is 0. The molecule has 0 bridgehead atoms. The highest BCUT2D eigenvalue weighted by atomic mass is 15.2. The van der Waals surface area contributed by atoms with Crippen LogP contribution in [0.25, 0.3) is 0 Å². The van der Waals surface area contributed by atoms with E-state index in [1.807, 2.05) is 19.3 Å². The van der Waals surface area contributed by atoms with Gasteiger partial charge in [0.15, 0.2) is 0 Å². The van der Waals surface area contributed by atoms with Gasteiger partial charge in [-0.05, 0) is 19.5 Å². The van der Waals surface area contributed by atoms with Gasteiger partial charge in [-0.3, -0.25) is 4.90 Å². The quantitative estimate of drug-likeness (QED) is 0.706. The van der Waals surface area contributed by atoms with Gasteiger partial charge in [0.2, 0.25) is 0 Å². The van der Waals surface area contributed by atoms with Crippen LogP contribution in [0.2, 0.25) is 0 Å². The van der Waals surface area contributed by atoms with E-state index in [4.69, 9.17) is 0 Å². The number of nitrogens with zero attached hydrogens (tertiary/aromatic N) is 4. The van der Waals surface area contributed by atoms with E-state index in [0.29, 0.717) is 0 Å². The number of likely N-dealkylation sites (N-methyl/N-ethyl adjacent to an activating group) is 1. The summed E-state index contributed by atoms with van der Waals surface area (Å²) in [5, 5.41) is 0. The summed E-state index contributed by atoms with van der Waals surface area (Å²) in [6, 6.07) is 0. The molecule has 0 amide bonds. The maximum Gasteiger partial charge on any atom is 0.142 e. The molecule has 1 aliphatic rings. The summed E-state index contributed by atoms with van der Waals surface area (Å²) in [7, 11) is 2.17. The minimum Gasteiger partial charge on any atom is -0.304 e. The van der Waals surface area contributed by atoms with Gasteiger partial charge >= 0.3 is 0 Å². The molecule has 15 heavy (non-hydrogen) atoms.